The average molecular weight is 448 g/mol. The molecule has 164 valence electrons. The molecular weight excluding hydrogens is 425 g/mol. The third-order valence-corrected chi connectivity index (χ3v) is 6.88. The highest BCUT2D eigenvalue weighted by molar-refractivity contribution is 6.34. The van der Waals surface area contributed by atoms with E-state index in [-0.39, 0.29) is 34.3 Å². The lowest BCUT2D eigenvalue weighted by Crippen LogP contribution is -2.45. The minimum absolute atomic E-state index is 0.00183. The Morgan fingerprint density at radius 1 is 1.32 bits per heavy atom. The fourth-order valence-electron chi connectivity index (χ4n) is 4.74. The van der Waals surface area contributed by atoms with Gasteiger partial charge in [0.15, 0.2) is 5.69 Å². The number of halogens is 2. The van der Waals surface area contributed by atoms with Gasteiger partial charge in [-0.15, -0.1) is 0 Å². The number of nitrogens with zero attached hydrogens (tertiary/aromatic N) is 3. The molecule has 1 aromatic heterocycles. The summed E-state index contributed by atoms with van der Waals surface area (Å²) in [6.45, 7) is 0.528. The molecular formula is C21H23ClFN5O3. The summed E-state index contributed by atoms with van der Waals surface area (Å²) in [5.41, 5.74) is 5.31. The first-order valence-corrected chi connectivity index (χ1v) is 10.5. The molecule has 1 saturated carbocycles. The molecule has 1 saturated heterocycles. The molecule has 0 radical (unpaired) electrons. The van der Waals surface area contributed by atoms with Crippen molar-refractivity contribution in [2.45, 2.75) is 38.1 Å². The molecule has 1 aliphatic heterocycles. The smallest absolute Gasteiger partial charge is 0.272 e. The van der Waals surface area contributed by atoms with E-state index in [4.69, 9.17) is 17.3 Å². The normalized spacial score (nSPS) is 23.4. The highest BCUT2D eigenvalue weighted by Crippen LogP contribution is 2.47. The molecule has 31 heavy (non-hydrogen) atoms. The number of carbonyl (C=O) groups is 3. The van der Waals surface area contributed by atoms with E-state index in [2.05, 4.69) is 9.97 Å². The van der Waals surface area contributed by atoms with Crippen LogP contribution in [0.5, 0.6) is 0 Å². The number of anilines is 1. The summed E-state index contributed by atoms with van der Waals surface area (Å²) >= 11 is 6.17. The first-order chi connectivity index (χ1) is 14.7. The van der Waals surface area contributed by atoms with Gasteiger partial charge in [0.1, 0.15) is 11.5 Å². The number of imidazole rings is 1. The van der Waals surface area contributed by atoms with Crippen LogP contribution in [0.15, 0.2) is 24.5 Å². The second kappa shape index (κ2) is 7.96. The lowest BCUT2D eigenvalue weighted by atomic mass is 9.71. The van der Waals surface area contributed by atoms with Gasteiger partial charge in [-0.2, -0.15) is 0 Å². The van der Waals surface area contributed by atoms with E-state index in [1.54, 1.807) is 16.8 Å². The standard InChI is InChI=1S/C21H23ClFN5O3/c1-27(19(30)17-16(18(24)29)25-11-26-17)13-4-6-21(7-5-13)8-9-28(20(21)31)15-3-2-12(23)10-14(15)22/h2-3,10-11,13H,4-9H2,1H3,(H2,24,29)(H,25,26). The maximum atomic E-state index is 13.4. The van der Waals surface area contributed by atoms with Gasteiger partial charge >= 0.3 is 0 Å². The third-order valence-electron chi connectivity index (χ3n) is 6.58. The fourth-order valence-corrected chi connectivity index (χ4v) is 5.01. The Bertz CT molecular complexity index is 1050. The van der Waals surface area contributed by atoms with Crippen molar-refractivity contribution >= 4 is 35.0 Å². The van der Waals surface area contributed by atoms with Crippen molar-refractivity contribution in [3.05, 3.63) is 46.8 Å². The SMILES string of the molecule is CN(C(=O)c1[nH]cnc1C(N)=O)C1CCC2(CC1)CCN(c1ccc(F)cc1Cl)C2=O. The molecule has 1 aromatic carbocycles. The van der Waals surface area contributed by atoms with Crippen molar-refractivity contribution in [3.8, 4) is 0 Å². The summed E-state index contributed by atoms with van der Waals surface area (Å²) in [5.74, 6) is -1.57. The van der Waals surface area contributed by atoms with E-state index in [0.29, 0.717) is 44.3 Å². The number of rotatable bonds is 4. The van der Waals surface area contributed by atoms with Crippen LogP contribution >= 0.6 is 11.6 Å². The monoisotopic (exact) mass is 447 g/mol. The van der Waals surface area contributed by atoms with Gasteiger partial charge in [0.05, 0.1) is 22.5 Å². The van der Waals surface area contributed by atoms with E-state index in [1.807, 2.05) is 0 Å². The second-order valence-corrected chi connectivity index (χ2v) is 8.63. The van der Waals surface area contributed by atoms with Gasteiger partial charge in [0.25, 0.3) is 11.8 Å². The molecule has 0 atom stereocenters. The highest BCUT2D eigenvalue weighted by Gasteiger charge is 2.49. The van der Waals surface area contributed by atoms with Crippen LogP contribution in [0.4, 0.5) is 10.1 Å². The molecule has 0 bridgehead atoms. The van der Waals surface area contributed by atoms with Crippen LogP contribution in [0.3, 0.4) is 0 Å². The number of nitrogens with one attached hydrogen (secondary N) is 1. The quantitative estimate of drug-likeness (QED) is 0.750. The zero-order valence-electron chi connectivity index (χ0n) is 17.0. The Morgan fingerprint density at radius 2 is 2.03 bits per heavy atom. The number of nitrogens with two attached hydrogens (primary N) is 1. The molecule has 3 amide bonds. The minimum atomic E-state index is -0.767. The van der Waals surface area contributed by atoms with Gasteiger partial charge in [-0.1, -0.05) is 11.6 Å². The number of H-pyrrole nitrogens is 1. The second-order valence-electron chi connectivity index (χ2n) is 8.22. The van der Waals surface area contributed by atoms with Crippen LogP contribution in [0.1, 0.15) is 53.1 Å². The van der Waals surface area contributed by atoms with Crippen LogP contribution in [-0.2, 0) is 4.79 Å². The van der Waals surface area contributed by atoms with Crippen molar-refractivity contribution < 1.29 is 18.8 Å². The zero-order valence-corrected chi connectivity index (χ0v) is 17.8. The molecule has 8 nitrogen and oxygen atoms in total. The predicted octanol–water partition coefficient (Wildman–Crippen LogP) is 2.74. The molecule has 1 spiro atoms. The molecule has 2 heterocycles. The Morgan fingerprint density at radius 3 is 2.68 bits per heavy atom. The van der Waals surface area contributed by atoms with Crippen molar-refractivity contribution in [2.24, 2.45) is 11.1 Å². The lowest BCUT2D eigenvalue weighted by molar-refractivity contribution is -0.127. The molecule has 0 unspecified atom stereocenters. The Balaban J connectivity index is 1.44. The summed E-state index contributed by atoms with van der Waals surface area (Å²) in [5, 5.41) is 0.217. The molecule has 2 aliphatic rings. The largest absolute Gasteiger partial charge is 0.364 e. The number of hydrogen-bond donors (Lipinski definition) is 2. The summed E-state index contributed by atoms with van der Waals surface area (Å²) < 4.78 is 13.4. The number of primary amides is 1. The minimum Gasteiger partial charge on any atom is -0.364 e. The summed E-state index contributed by atoms with van der Waals surface area (Å²) in [7, 11) is 1.68. The first kappa shape index (κ1) is 21.3. The predicted molar refractivity (Wildman–Crippen MR) is 112 cm³/mol. The molecule has 3 N–H and O–H groups in total. The van der Waals surface area contributed by atoms with Crippen LogP contribution in [0.25, 0.3) is 0 Å². The number of benzene rings is 1. The zero-order chi connectivity index (χ0) is 22.3. The maximum Gasteiger partial charge on any atom is 0.272 e. The van der Waals surface area contributed by atoms with E-state index in [0.717, 1.165) is 0 Å². The summed E-state index contributed by atoms with van der Waals surface area (Å²) in [6, 6.07) is 3.97. The number of aromatic nitrogens is 2. The van der Waals surface area contributed by atoms with Gasteiger partial charge in [-0.3, -0.25) is 14.4 Å². The lowest BCUT2D eigenvalue weighted by Gasteiger charge is -2.39. The number of aromatic amines is 1. The molecule has 1 aliphatic carbocycles. The fraction of sp³-hybridized carbons (Fsp3) is 0.429. The molecule has 10 heteroatoms. The third kappa shape index (κ3) is 3.67. The Labute approximate surface area is 183 Å². The van der Waals surface area contributed by atoms with Gasteiger partial charge in [0, 0.05) is 19.6 Å². The van der Waals surface area contributed by atoms with Crippen molar-refractivity contribution in [3.63, 3.8) is 0 Å². The van der Waals surface area contributed by atoms with E-state index >= 15 is 0 Å². The first-order valence-electron chi connectivity index (χ1n) is 10.1. The van der Waals surface area contributed by atoms with E-state index in [1.165, 1.54) is 24.5 Å². The number of amides is 3. The van der Waals surface area contributed by atoms with Crippen LogP contribution in [0, 0.1) is 11.2 Å². The average Bonchev–Trinajstić information content (AvgIpc) is 3.35. The van der Waals surface area contributed by atoms with E-state index in [9.17, 15) is 18.8 Å². The summed E-state index contributed by atoms with van der Waals surface area (Å²) in [4.78, 5) is 47.3. The van der Waals surface area contributed by atoms with Crippen molar-refractivity contribution in [2.75, 3.05) is 18.5 Å². The molecule has 2 aromatic rings. The van der Waals surface area contributed by atoms with Gasteiger partial charge in [0.2, 0.25) is 5.91 Å². The molecule has 2 fully saturated rings. The summed E-state index contributed by atoms with van der Waals surface area (Å²) in [6.07, 6.45) is 4.53. The number of hydrogen-bond acceptors (Lipinski definition) is 4. The molecule has 4 rings (SSSR count). The van der Waals surface area contributed by atoms with Crippen LogP contribution in [0.2, 0.25) is 5.02 Å². The Kier molecular flexibility index (Phi) is 5.47. The van der Waals surface area contributed by atoms with Crippen LogP contribution in [-0.4, -0.2) is 52.2 Å². The Hall–Kier alpha value is -2.94. The van der Waals surface area contributed by atoms with Crippen molar-refractivity contribution in [1.82, 2.24) is 14.9 Å². The highest BCUT2D eigenvalue weighted by atomic mass is 35.5. The van der Waals surface area contributed by atoms with Gasteiger partial charge < -0.3 is 20.5 Å². The number of carbonyl (C=O) groups excluding carboxylic acids is 3. The van der Waals surface area contributed by atoms with E-state index < -0.39 is 17.1 Å². The van der Waals surface area contributed by atoms with Gasteiger partial charge in [-0.05, 0) is 50.3 Å². The topological polar surface area (TPSA) is 112 Å². The van der Waals surface area contributed by atoms with Gasteiger partial charge in [-0.25, -0.2) is 9.37 Å². The van der Waals surface area contributed by atoms with Crippen molar-refractivity contribution in [1.29, 1.82) is 0 Å². The maximum absolute atomic E-state index is 13.4. The van der Waals surface area contributed by atoms with Crippen LogP contribution < -0.4 is 10.6 Å².